The van der Waals surface area contributed by atoms with Crippen LogP contribution in [0.2, 0.25) is 5.02 Å². The zero-order chi connectivity index (χ0) is 27.9. The molecular weight excluding hydrogens is 529 g/mol. The number of anilines is 1. The van der Waals surface area contributed by atoms with Gasteiger partial charge in [0.05, 0.1) is 17.0 Å². The highest BCUT2D eigenvalue weighted by molar-refractivity contribution is 7.92. The van der Waals surface area contributed by atoms with Crippen LogP contribution in [0.4, 0.5) is 10.1 Å². The summed E-state index contributed by atoms with van der Waals surface area (Å²) in [4.78, 5) is 28.6. The summed E-state index contributed by atoms with van der Waals surface area (Å²) in [5, 5.41) is 2.99. The van der Waals surface area contributed by atoms with Crippen molar-refractivity contribution >= 4 is 39.1 Å². The van der Waals surface area contributed by atoms with Crippen LogP contribution in [-0.2, 0) is 32.6 Å². The molecule has 0 aliphatic carbocycles. The minimum atomic E-state index is -3.95. The van der Waals surface area contributed by atoms with Crippen LogP contribution in [-0.4, -0.2) is 50.0 Å². The number of para-hydroxylation sites is 1. The first kappa shape index (κ1) is 29.1. The van der Waals surface area contributed by atoms with Crippen molar-refractivity contribution in [2.75, 3.05) is 17.1 Å². The van der Waals surface area contributed by atoms with Crippen molar-refractivity contribution in [3.8, 4) is 0 Å². The number of carbonyl (C=O) groups excluding carboxylic acids is 2. The van der Waals surface area contributed by atoms with E-state index in [0.717, 1.165) is 16.1 Å². The maximum Gasteiger partial charge on any atom is 0.244 e. The maximum atomic E-state index is 14.7. The Morgan fingerprint density at radius 2 is 1.55 bits per heavy atom. The molecular formula is C28H31ClFN3O4S. The molecule has 3 rings (SSSR count). The van der Waals surface area contributed by atoms with Gasteiger partial charge >= 0.3 is 0 Å². The van der Waals surface area contributed by atoms with E-state index in [1.54, 1.807) is 32.0 Å². The zero-order valence-corrected chi connectivity index (χ0v) is 23.0. The van der Waals surface area contributed by atoms with Crippen molar-refractivity contribution in [2.45, 2.75) is 38.9 Å². The Labute approximate surface area is 228 Å². The fraction of sp³-hybridized carbons (Fsp3) is 0.286. The maximum absolute atomic E-state index is 14.7. The molecule has 3 aromatic carbocycles. The summed E-state index contributed by atoms with van der Waals surface area (Å²) in [5.74, 6) is -1.66. The van der Waals surface area contributed by atoms with Crippen LogP contribution in [0.3, 0.4) is 0 Å². The number of halogens is 2. The summed E-state index contributed by atoms with van der Waals surface area (Å²) < 4.78 is 41.1. The van der Waals surface area contributed by atoms with Crippen LogP contribution >= 0.6 is 11.6 Å². The van der Waals surface area contributed by atoms with Gasteiger partial charge in [-0.05, 0) is 37.6 Å². The van der Waals surface area contributed by atoms with Gasteiger partial charge in [0.2, 0.25) is 21.8 Å². The highest BCUT2D eigenvalue weighted by Gasteiger charge is 2.34. The van der Waals surface area contributed by atoms with Gasteiger partial charge in [0, 0.05) is 24.6 Å². The second-order valence-corrected chi connectivity index (χ2v) is 11.5. The predicted octanol–water partition coefficient (Wildman–Crippen LogP) is 4.41. The molecule has 7 nitrogen and oxygen atoms in total. The van der Waals surface area contributed by atoms with E-state index in [1.165, 1.54) is 35.2 Å². The largest absolute Gasteiger partial charge is 0.352 e. The van der Waals surface area contributed by atoms with Crippen molar-refractivity contribution in [1.29, 1.82) is 0 Å². The minimum Gasteiger partial charge on any atom is -0.352 e. The Morgan fingerprint density at radius 3 is 2.16 bits per heavy atom. The number of carbonyl (C=O) groups is 2. The molecule has 38 heavy (non-hydrogen) atoms. The van der Waals surface area contributed by atoms with Crippen molar-refractivity contribution in [3.05, 3.63) is 101 Å². The molecule has 1 atom stereocenters. The van der Waals surface area contributed by atoms with E-state index in [1.807, 2.05) is 30.3 Å². The van der Waals surface area contributed by atoms with E-state index in [0.29, 0.717) is 0 Å². The smallest absolute Gasteiger partial charge is 0.244 e. The highest BCUT2D eigenvalue weighted by atomic mass is 35.5. The van der Waals surface area contributed by atoms with E-state index in [4.69, 9.17) is 11.6 Å². The second-order valence-electron chi connectivity index (χ2n) is 9.20. The van der Waals surface area contributed by atoms with Gasteiger partial charge in [-0.3, -0.25) is 13.9 Å². The van der Waals surface area contributed by atoms with Gasteiger partial charge in [-0.15, -0.1) is 0 Å². The van der Waals surface area contributed by atoms with Crippen molar-refractivity contribution < 1.29 is 22.4 Å². The van der Waals surface area contributed by atoms with Gasteiger partial charge in [0.1, 0.15) is 18.4 Å². The normalized spacial score (nSPS) is 12.2. The molecule has 0 radical (unpaired) electrons. The number of hydrogen-bond acceptors (Lipinski definition) is 4. The molecule has 3 aromatic rings. The fourth-order valence-electron chi connectivity index (χ4n) is 3.99. The highest BCUT2D eigenvalue weighted by Crippen LogP contribution is 2.28. The van der Waals surface area contributed by atoms with Gasteiger partial charge in [0.15, 0.2) is 0 Å². The number of hydrogen-bond donors (Lipinski definition) is 1. The Morgan fingerprint density at radius 1 is 0.947 bits per heavy atom. The fourth-order valence-corrected chi connectivity index (χ4v) is 5.14. The molecule has 1 N–H and O–H groups in total. The van der Waals surface area contributed by atoms with Crippen molar-refractivity contribution in [3.63, 3.8) is 0 Å². The summed E-state index contributed by atoms with van der Waals surface area (Å²) in [6.07, 6.45) is 1.11. The molecule has 0 aromatic heterocycles. The number of nitrogens with one attached hydrogen (secondary N) is 1. The number of sulfonamides is 1. The van der Waals surface area contributed by atoms with Gasteiger partial charge in [-0.1, -0.05) is 72.3 Å². The Hall–Kier alpha value is -3.43. The lowest BCUT2D eigenvalue weighted by atomic mass is 10.0. The summed E-state index contributed by atoms with van der Waals surface area (Å²) in [7, 11) is -3.95. The van der Waals surface area contributed by atoms with Gasteiger partial charge in [-0.2, -0.15) is 0 Å². The van der Waals surface area contributed by atoms with Crippen molar-refractivity contribution in [2.24, 2.45) is 0 Å². The van der Waals surface area contributed by atoms with Crippen LogP contribution in [0, 0.1) is 5.82 Å². The molecule has 0 bridgehead atoms. The number of rotatable bonds is 11. The molecule has 2 amide bonds. The van der Waals surface area contributed by atoms with Crippen LogP contribution in [0.5, 0.6) is 0 Å². The molecule has 0 aliphatic heterocycles. The average molecular weight is 560 g/mol. The second kappa shape index (κ2) is 12.9. The summed E-state index contributed by atoms with van der Waals surface area (Å²) in [6.45, 7) is 2.72. The van der Waals surface area contributed by atoms with E-state index < -0.39 is 40.2 Å². The van der Waals surface area contributed by atoms with Crippen LogP contribution < -0.4 is 9.62 Å². The SMILES string of the molecule is CC(C)NC(=O)C(Cc1ccccc1)N(Cc1ccccc1F)C(=O)CN(c1ccccc1Cl)S(C)(=O)=O. The lowest BCUT2D eigenvalue weighted by Gasteiger charge is -2.34. The topological polar surface area (TPSA) is 86.8 Å². The first-order valence-corrected chi connectivity index (χ1v) is 14.3. The quantitative estimate of drug-likeness (QED) is 0.377. The predicted molar refractivity (Wildman–Crippen MR) is 148 cm³/mol. The lowest BCUT2D eigenvalue weighted by Crippen LogP contribution is -2.54. The van der Waals surface area contributed by atoms with E-state index in [-0.39, 0.29) is 35.3 Å². The minimum absolute atomic E-state index is 0.127. The third-order valence-corrected chi connectivity index (χ3v) is 7.25. The Kier molecular flexibility index (Phi) is 9.88. The average Bonchev–Trinajstić information content (AvgIpc) is 2.85. The molecule has 0 heterocycles. The van der Waals surface area contributed by atoms with Gasteiger partial charge in [-0.25, -0.2) is 12.8 Å². The standard InChI is InChI=1S/C28H31ClFN3O4S/c1-20(2)31-28(35)26(17-21-11-5-4-6-12-21)32(18-22-13-7-9-15-24(22)30)27(34)19-33(38(3,36)37)25-16-10-8-14-23(25)29/h4-16,20,26H,17-19H2,1-3H3,(H,31,35). The molecule has 0 fully saturated rings. The van der Waals surface area contributed by atoms with Crippen LogP contribution in [0.1, 0.15) is 25.0 Å². The van der Waals surface area contributed by atoms with Gasteiger partial charge < -0.3 is 10.2 Å². The summed E-state index contributed by atoms with van der Waals surface area (Å²) >= 11 is 6.27. The number of nitrogens with zero attached hydrogens (tertiary/aromatic N) is 2. The number of benzene rings is 3. The van der Waals surface area contributed by atoms with Gasteiger partial charge in [0.25, 0.3) is 0 Å². The van der Waals surface area contributed by atoms with Crippen molar-refractivity contribution in [1.82, 2.24) is 10.2 Å². The Balaban J connectivity index is 2.08. The molecule has 10 heteroatoms. The molecule has 1 unspecified atom stereocenters. The Bertz CT molecular complexity index is 1370. The third kappa shape index (κ3) is 7.79. The van der Waals surface area contributed by atoms with E-state index in [9.17, 15) is 22.4 Å². The molecule has 202 valence electrons. The van der Waals surface area contributed by atoms with E-state index >= 15 is 0 Å². The summed E-state index contributed by atoms with van der Waals surface area (Å²) in [5.41, 5.74) is 1.11. The summed E-state index contributed by atoms with van der Waals surface area (Å²) in [6, 6.07) is 20.1. The van der Waals surface area contributed by atoms with Crippen LogP contribution in [0.25, 0.3) is 0 Å². The molecule has 0 aliphatic rings. The van der Waals surface area contributed by atoms with E-state index in [2.05, 4.69) is 5.32 Å². The first-order chi connectivity index (χ1) is 18.0. The zero-order valence-electron chi connectivity index (χ0n) is 21.5. The molecule has 0 spiro atoms. The molecule has 0 saturated heterocycles. The lowest BCUT2D eigenvalue weighted by molar-refractivity contribution is -0.140. The first-order valence-electron chi connectivity index (χ1n) is 12.1. The monoisotopic (exact) mass is 559 g/mol. The molecule has 0 saturated carbocycles. The third-order valence-electron chi connectivity index (χ3n) is 5.80. The number of amides is 2. The van der Waals surface area contributed by atoms with Crippen LogP contribution in [0.15, 0.2) is 78.9 Å².